The van der Waals surface area contributed by atoms with Gasteiger partial charge in [-0.25, -0.2) is 15.4 Å². The molecule has 0 aliphatic carbocycles. The van der Waals surface area contributed by atoms with Crippen molar-refractivity contribution in [2.24, 2.45) is 10.7 Å². The van der Waals surface area contributed by atoms with Gasteiger partial charge < -0.3 is 0 Å². The third kappa shape index (κ3) is 2.18. The van der Waals surface area contributed by atoms with Crippen LogP contribution in [0.25, 0.3) is 0 Å². The van der Waals surface area contributed by atoms with Gasteiger partial charge in [-0.1, -0.05) is 36.0 Å². The summed E-state index contributed by atoms with van der Waals surface area (Å²) in [5, 5.41) is 3.88. The molecule has 1 aliphatic heterocycles. The van der Waals surface area contributed by atoms with Crippen LogP contribution in [0.5, 0.6) is 0 Å². The van der Waals surface area contributed by atoms with E-state index in [1.807, 2.05) is 18.2 Å². The molecule has 0 radical (unpaired) electrons. The van der Waals surface area contributed by atoms with Crippen LogP contribution in [-0.2, 0) is 0 Å². The Morgan fingerprint density at radius 3 is 2.82 bits per heavy atom. The fourth-order valence-electron chi connectivity index (χ4n) is 1.64. The number of hydrogen-bond donors (Lipinski definition) is 2. The lowest BCUT2D eigenvalue weighted by Crippen LogP contribution is -2.53. The van der Waals surface area contributed by atoms with Gasteiger partial charge in [-0.15, -0.1) is 5.12 Å². The number of amidine groups is 1. The molecule has 1 aromatic carbocycles. The Hall–Kier alpha value is -1.05. The molecule has 0 amide bonds. The Balaban J connectivity index is 2.42. The van der Waals surface area contributed by atoms with Crippen LogP contribution in [0.4, 0.5) is 0 Å². The molecule has 0 saturated carbocycles. The smallest absolute Gasteiger partial charge is 0.187 e. The summed E-state index contributed by atoms with van der Waals surface area (Å²) in [5.41, 5.74) is 11.0. The van der Waals surface area contributed by atoms with Crippen molar-refractivity contribution in [1.29, 1.82) is 0 Å². The van der Waals surface area contributed by atoms with E-state index < -0.39 is 6.29 Å². The molecule has 0 aromatic heterocycles. The van der Waals surface area contributed by atoms with Crippen molar-refractivity contribution in [3.05, 3.63) is 34.9 Å². The van der Waals surface area contributed by atoms with Crippen LogP contribution < -0.4 is 11.2 Å². The lowest BCUT2D eigenvalue weighted by Gasteiger charge is -2.27. The molecular weight excluding hydrogens is 258 g/mol. The third-order valence-corrected chi connectivity index (χ3v) is 2.93. The van der Waals surface area contributed by atoms with E-state index in [1.54, 1.807) is 23.2 Å². The Morgan fingerprint density at radius 1 is 1.53 bits per heavy atom. The zero-order valence-corrected chi connectivity index (χ0v) is 10.7. The van der Waals surface area contributed by atoms with Gasteiger partial charge in [-0.3, -0.25) is 5.73 Å². The highest BCUT2D eigenvalue weighted by molar-refractivity contribution is 7.78. The van der Waals surface area contributed by atoms with E-state index in [0.29, 0.717) is 10.9 Å². The number of hydrazine groups is 2. The van der Waals surface area contributed by atoms with E-state index in [2.05, 4.69) is 10.4 Å². The summed E-state index contributed by atoms with van der Waals surface area (Å²) in [5.74, 6) is 0.632. The van der Waals surface area contributed by atoms with Crippen LogP contribution >= 0.6 is 23.8 Å². The predicted molar refractivity (Wildman–Crippen MR) is 72.4 cm³/mol. The van der Waals surface area contributed by atoms with Gasteiger partial charge in [-0.2, -0.15) is 0 Å². The van der Waals surface area contributed by atoms with Crippen LogP contribution in [0.15, 0.2) is 29.3 Å². The topological polar surface area (TPSA) is 56.9 Å². The molecule has 90 valence electrons. The minimum absolute atomic E-state index is 0.523. The highest BCUT2D eigenvalue weighted by Gasteiger charge is 2.31. The van der Waals surface area contributed by atoms with E-state index in [1.165, 1.54) is 5.49 Å². The first-order valence-corrected chi connectivity index (χ1v) is 5.83. The van der Waals surface area contributed by atoms with Crippen LogP contribution in [0.2, 0.25) is 5.02 Å². The molecule has 2 rings (SSSR count). The van der Waals surface area contributed by atoms with Crippen molar-refractivity contribution in [1.82, 2.24) is 15.6 Å². The Bertz CT molecular complexity index is 464. The molecule has 1 aliphatic rings. The third-order valence-electron chi connectivity index (χ3n) is 2.40. The summed E-state index contributed by atoms with van der Waals surface area (Å²) in [6.07, 6.45) is -0.523. The number of hydrogen-bond acceptors (Lipinski definition) is 5. The summed E-state index contributed by atoms with van der Waals surface area (Å²) >= 11 is 11.1. The molecule has 1 aromatic rings. The monoisotopic (exact) mass is 269 g/mol. The van der Waals surface area contributed by atoms with E-state index >= 15 is 0 Å². The molecule has 3 N–H and O–H groups in total. The molecule has 1 heterocycles. The number of rotatable bonds is 3. The summed E-state index contributed by atoms with van der Waals surface area (Å²) < 4.78 is 0. The second kappa shape index (κ2) is 5.07. The Kier molecular flexibility index (Phi) is 3.70. The number of halogens is 1. The largest absolute Gasteiger partial charge is 0.295 e. The molecule has 5 nitrogen and oxygen atoms in total. The zero-order chi connectivity index (χ0) is 12.4. The zero-order valence-electron chi connectivity index (χ0n) is 9.17. The molecule has 7 heteroatoms. The first kappa shape index (κ1) is 12.4. The first-order valence-electron chi connectivity index (χ1n) is 4.98. The van der Waals surface area contributed by atoms with Gasteiger partial charge in [0.1, 0.15) is 0 Å². The second-order valence-corrected chi connectivity index (χ2v) is 3.98. The van der Waals surface area contributed by atoms with E-state index in [4.69, 9.17) is 29.6 Å². The van der Waals surface area contributed by atoms with Gasteiger partial charge in [0.2, 0.25) is 0 Å². The standard InChI is InChI=1S/C10H12ClN5S/c1-13-16-10(12)14-9(15(16)6-17)7-4-2-3-5-8(7)11/h2-6,10,13H,12H2,1H3. The minimum Gasteiger partial charge on any atom is -0.295 e. The van der Waals surface area contributed by atoms with Crippen LogP contribution in [-0.4, -0.2) is 34.8 Å². The van der Waals surface area contributed by atoms with E-state index in [-0.39, 0.29) is 0 Å². The van der Waals surface area contributed by atoms with Gasteiger partial charge in [0.25, 0.3) is 0 Å². The van der Waals surface area contributed by atoms with Crippen molar-refractivity contribution in [3.8, 4) is 0 Å². The number of thiocarbonyl (C=S) groups is 1. The van der Waals surface area contributed by atoms with E-state index in [9.17, 15) is 0 Å². The molecule has 0 spiro atoms. The highest BCUT2D eigenvalue weighted by atomic mass is 35.5. The second-order valence-electron chi connectivity index (χ2n) is 3.36. The Labute approximate surface area is 110 Å². The summed E-state index contributed by atoms with van der Waals surface area (Å²) in [7, 11) is 1.75. The number of nitrogens with one attached hydrogen (secondary N) is 1. The van der Waals surface area contributed by atoms with Gasteiger partial charge in [0, 0.05) is 12.6 Å². The average molecular weight is 270 g/mol. The van der Waals surface area contributed by atoms with Gasteiger partial charge in [0.05, 0.1) is 10.5 Å². The molecule has 17 heavy (non-hydrogen) atoms. The Morgan fingerprint density at radius 2 is 2.24 bits per heavy atom. The fraction of sp³-hybridized carbons (Fsp3) is 0.200. The van der Waals surface area contributed by atoms with Crippen LogP contribution in [0.1, 0.15) is 5.56 Å². The number of nitrogens with zero attached hydrogens (tertiary/aromatic N) is 3. The van der Waals surface area contributed by atoms with Crippen molar-refractivity contribution in [3.63, 3.8) is 0 Å². The molecule has 1 unspecified atom stereocenters. The van der Waals surface area contributed by atoms with Crippen molar-refractivity contribution >= 4 is 35.1 Å². The summed E-state index contributed by atoms with van der Waals surface area (Å²) in [6.45, 7) is 0. The molecule has 0 saturated heterocycles. The lowest BCUT2D eigenvalue weighted by atomic mass is 10.2. The van der Waals surface area contributed by atoms with Crippen LogP contribution in [0.3, 0.4) is 0 Å². The van der Waals surface area contributed by atoms with Gasteiger partial charge in [-0.05, 0) is 12.1 Å². The fourth-order valence-corrected chi connectivity index (χ4v) is 2.07. The van der Waals surface area contributed by atoms with Crippen LogP contribution in [0, 0.1) is 0 Å². The normalized spacial score (nSPS) is 20.5. The number of benzene rings is 1. The number of nitrogens with two attached hydrogens (primary N) is 1. The molecular formula is C10H12ClN5S. The average Bonchev–Trinajstić information content (AvgIpc) is 2.65. The van der Waals surface area contributed by atoms with E-state index in [0.717, 1.165) is 5.56 Å². The quantitative estimate of drug-likeness (QED) is 0.801. The maximum absolute atomic E-state index is 6.13. The van der Waals surface area contributed by atoms with Crippen molar-refractivity contribution in [2.75, 3.05) is 7.05 Å². The SMILES string of the molecule is CNN1C(N)N=C(c2ccccc2Cl)N1C=S. The maximum Gasteiger partial charge on any atom is 0.187 e. The molecule has 0 bridgehead atoms. The van der Waals surface area contributed by atoms with Gasteiger partial charge >= 0.3 is 0 Å². The predicted octanol–water partition coefficient (Wildman–Crippen LogP) is 0.953. The lowest BCUT2D eigenvalue weighted by molar-refractivity contribution is 0.0406. The van der Waals surface area contributed by atoms with Crippen molar-refractivity contribution in [2.45, 2.75) is 6.29 Å². The first-order chi connectivity index (χ1) is 8.19. The van der Waals surface area contributed by atoms with Gasteiger partial charge in [0.15, 0.2) is 12.1 Å². The summed E-state index contributed by atoms with van der Waals surface area (Å²) in [4.78, 5) is 4.33. The molecule has 0 fully saturated rings. The molecule has 1 atom stereocenters. The summed E-state index contributed by atoms with van der Waals surface area (Å²) in [6, 6.07) is 7.42. The minimum atomic E-state index is -0.523. The number of aliphatic imine (C=N–C) groups is 1. The maximum atomic E-state index is 6.13. The highest BCUT2D eigenvalue weighted by Crippen LogP contribution is 2.21. The van der Waals surface area contributed by atoms with Crippen molar-refractivity contribution < 1.29 is 0 Å².